The van der Waals surface area contributed by atoms with Crippen LogP contribution >= 0.6 is 12.2 Å². The van der Waals surface area contributed by atoms with Crippen LogP contribution in [0.1, 0.15) is 25.5 Å². The third kappa shape index (κ3) is 3.93. The van der Waals surface area contributed by atoms with Gasteiger partial charge < -0.3 is 25.0 Å². The number of esters is 1. The fourth-order valence-corrected chi connectivity index (χ4v) is 3.39. The van der Waals surface area contributed by atoms with Crippen LogP contribution in [0.2, 0.25) is 0 Å². The summed E-state index contributed by atoms with van der Waals surface area (Å²) in [6.45, 7) is 7.26. The molecule has 0 aromatic heterocycles. The van der Waals surface area contributed by atoms with E-state index in [1.54, 1.807) is 6.92 Å². The Hall–Kier alpha value is -2.12. The molecule has 1 atom stereocenters. The molecule has 2 aliphatic heterocycles. The van der Waals surface area contributed by atoms with Crippen LogP contribution in [0.3, 0.4) is 0 Å². The van der Waals surface area contributed by atoms with Crippen molar-refractivity contribution in [2.75, 3.05) is 37.8 Å². The van der Waals surface area contributed by atoms with E-state index in [0.717, 1.165) is 43.3 Å². The van der Waals surface area contributed by atoms with Gasteiger partial charge >= 0.3 is 5.97 Å². The second-order valence-electron chi connectivity index (χ2n) is 5.98. The van der Waals surface area contributed by atoms with Crippen LogP contribution in [0.15, 0.2) is 35.5 Å². The summed E-state index contributed by atoms with van der Waals surface area (Å²) in [6, 6.07) is 7.90. The van der Waals surface area contributed by atoms with Crippen molar-refractivity contribution in [1.29, 1.82) is 0 Å². The van der Waals surface area contributed by atoms with E-state index in [4.69, 9.17) is 21.7 Å². The lowest BCUT2D eigenvalue weighted by atomic mass is 9.95. The van der Waals surface area contributed by atoms with E-state index in [-0.39, 0.29) is 12.0 Å². The molecule has 0 unspecified atom stereocenters. The first-order valence-corrected chi connectivity index (χ1v) is 8.89. The minimum atomic E-state index is -0.329. The number of hydrogen-bond acceptors (Lipinski definition) is 5. The quantitative estimate of drug-likeness (QED) is 0.627. The molecule has 2 N–H and O–H groups in total. The number of anilines is 1. The zero-order valence-electron chi connectivity index (χ0n) is 14.5. The van der Waals surface area contributed by atoms with Crippen LogP contribution in [0.25, 0.3) is 0 Å². The van der Waals surface area contributed by atoms with Gasteiger partial charge in [0, 0.05) is 24.5 Å². The van der Waals surface area contributed by atoms with Gasteiger partial charge in [0.1, 0.15) is 0 Å². The Morgan fingerprint density at radius 2 is 2.00 bits per heavy atom. The predicted molar refractivity (Wildman–Crippen MR) is 100 cm³/mol. The van der Waals surface area contributed by atoms with Gasteiger partial charge in [0.05, 0.1) is 31.4 Å². The molecule has 0 saturated carbocycles. The number of benzene rings is 1. The van der Waals surface area contributed by atoms with Gasteiger partial charge in [0.15, 0.2) is 5.11 Å². The maximum absolute atomic E-state index is 12.4. The van der Waals surface area contributed by atoms with E-state index in [9.17, 15) is 4.79 Å². The van der Waals surface area contributed by atoms with Gasteiger partial charge in [0.25, 0.3) is 0 Å². The van der Waals surface area contributed by atoms with Gasteiger partial charge in [-0.3, -0.25) is 0 Å². The topological polar surface area (TPSA) is 62.8 Å². The normalized spacial score (nSPS) is 20.8. The maximum atomic E-state index is 12.4. The molecule has 1 saturated heterocycles. The summed E-state index contributed by atoms with van der Waals surface area (Å²) in [7, 11) is 0. The van der Waals surface area contributed by atoms with Crippen LogP contribution in [-0.4, -0.2) is 44.0 Å². The summed E-state index contributed by atoms with van der Waals surface area (Å²) >= 11 is 5.26. The molecule has 0 radical (unpaired) electrons. The number of nitrogens with one attached hydrogen (secondary N) is 2. The number of nitrogens with zero attached hydrogens (tertiary/aromatic N) is 1. The van der Waals surface area contributed by atoms with Crippen molar-refractivity contribution in [2.24, 2.45) is 0 Å². The molecular formula is C18H23N3O3S. The molecule has 0 bridgehead atoms. The SMILES string of the molecule is CCOC(=O)C1=C(C)NC(=S)N[C@@H]1c1ccc(N2CCOCC2)cc1. The molecular weight excluding hydrogens is 338 g/mol. The number of allylic oxidation sites excluding steroid dienone is 1. The van der Waals surface area contributed by atoms with E-state index >= 15 is 0 Å². The fourth-order valence-electron chi connectivity index (χ4n) is 3.12. The Labute approximate surface area is 153 Å². The predicted octanol–water partition coefficient (Wildman–Crippen LogP) is 1.88. The molecule has 2 aliphatic rings. The highest BCUT2D eigenvalue weighted by atomic mass is 32.1. The minimum absolute atomic E-state index is 0.313. The second kappa shape index (κ2) is 7.84. The van der Waals surface area contributed by atoms with E-state index < -0.39 is 0 Å². The van der Waals surface area contributed by atoms with Gasteiger partial charge in [-0.1, -0.05) is 12.1 Å². The molecule has 6 nitrogen and oxygen atoms in total. The number of hydrogen-bond donors (Lipinski definition) is 2. The Kier molecular flexibility index (Phi) is 5.55. The first-order chi connectivity index (χ1) is 12.1. The smallest absolute Gasteiger partial charge is 0.338 e. The van der Waals surface area contributed by atoms with Crippen LogP contribution in [0.4, 0.5) is 5.69 Å². The van der Waals surface area contributed by atoms with Crippen molar-refractivity contribution in [1.82, 2.24) is 10.6 Å². The largest absolute Gasteiger partial charge is 0.463 e. The van der Waals surface area contributed by atoms with Gasteiger partial charge in [-0.2, -0.15) is 0 Å². The van der Waals surface area contributed by atoms with Crippen molar-refractivity contribution >= 4 is 29.0 Å². The lowest BCUT2D eigenvalue weighted by Crippen LogP contribution is -2.45. The highest BCUT2D eigenvalue weighted by molar-refractivity contribution is 7.80. The van der Waals surface area contributed by atoms with Crippen molar-refractivity contribution in [3.05, 3.63) is 41.1 Å². The van der Waals surface area contributed by atoms with Gasteiger partial charge in [-0.25, -0.2) is 4.79 Å². The van der Waals surface area contributed by atoms with Gasteiger partial charge in [-0.05, 0) is 43.8 Å². The summed E-state index contributed by atoms with van der Waals surface area (Å²) in [6.07, 6.45) is 0. The molecule has 2 heterocycles. The molecule has 3 rings (SSSR count). The molecule has 0 spiro atoms. The monoisotopic (exact) mass is 361 g/mol. The number of carbonyl (C=O) groups is 1. The molecule has 1 aromatic rings. The summed E-state index contributed by atoms with van der Waals surface area (Å²) in [5, 5.41) is 6.70. The van der Waals surface area contributed by atoms with Crippen molar-refractivity contribution in [3.63, 3.8) is 0 Å². The number of morpholine rings is 1. The lowest BCUT2D eigenvalue weighted by Gasteiger charge is -2.31. The first-order valence-electron chi connectivity index (χ1n) is 8.48. The standard InChI is InChI=1S/C18H23N3O3S/c1-3-24-17(22)15-12(2)19-18(25)20-16(15)13-4-6-14(7-5-13)21-8-10-23-11-9-21/h4-7,16H,3,8-11H2,1-2H3,(H2,19,20,25)/t16-/m1/s1. The second-order valence-corrected chi connectivity index (χ2v) is 6.39. The summed E-state index contributed by atoms with van der Waals surface area (Å²) in [4.78, 5) is 14.7. The molecule has 25 heavy (non-hydrogen) atoms. The summed E-state index contributed by atoms with van der Waals surface area (Å²) < 4.78 is 10.6. The number of thiocarbonyl (C=S) groups is 1. The van der Waals surface area contributed by atoms with Gasteiger partial charge in [-0.15, -0.1) is 0 Å². The number of rotatable bonds is 4. The zero-order valence-corrected chi connectivity index (χ0v) is 15.3. The molecule has 134 valence electrons. The average Bonchev–Trinajstić information content (AvgIpc) is 2.62. The molecule has 0 aliphatic carbocycles. The van der Waals surface area contributed by atoms with Crippen LogP contribution in [0.5, 0.6) is 0 Å². The van der Waals surface area contributed by atoms with Crippen LogP contribution in [0, 0.1) is 0 Å². The van der Waals surface area contributed by atoms with E-state index in [2.05, 4.69) is 27.7 Å². The highest BCUT2D eigenvalue weighted by Crippen LogP contribution is 2.29. The van der Waals surface area contributed by atoms with Gasteiger partial charge in [0.2, 0.25) is 0 Å². The van der Waals surface area contributed by atoms with Crippen molar-refractivity contribution in [3.8, 4) is 0 Å². The van der Waals surface area contributed by atoms with Crippen molar-refractivity contribution in [2.45, 2.75) is 19.9 Å². The van der Waals surface area contributed by atoms with E-state index in [1.807, 2.05) is 19.1 Å². The number of carbonyl (C=O) groups excluding carboxylic acids is 1. The molecule has 1 fully saturated rings. The molecule has 0 amide bonds. The highest BCUT2D eigenvalue weighted by Gasteiger charge is 2.30. The van der Waals surface area contributed by atoms with E-state index in [0.29, 0.717) is 17.3 Å². The van der Waals surface area contributed by atoms with Crippen LogP contribution in [-0.2, 0) is 14.3 Å². The van der Waals surface area contributed by atoms with E-state index in [1.165, 1.54) is 0 Å². The molecule has 1 aromatic carbocycles. The third-order valence-electron chi connectivity index (χ3n) is 4.37. The fraction of sp³-hybridized carbons (Fsp3) is 0.444. The number of ether oxygens (including phenoxy) is 2. The average molecular weight is 361 g/mol. The Bertz CT molecular complexity index is 681. The Morgan fingerprint density at radius 3 is 2.64 bits per heavy atom. The Balaban J connectivity index is 1.86. The zero-order chi connectivity index (χ0) is 17.8. The maximum Gasteiger partial charge on any atom is 0.338 e. The minimum Gasteiger partial charge on any atom is -0.463 e. The van der Waals surface area contributed by atoms with Crippen LogP contribution < -0.4 is 15.5 Å². The summed E-state index contributed by atoms with van der Waals surface area (Å²) in [5.74, 6) is -0.329. The Morgan fingerprint density at radius 1 is 1.32 bits per heavy atom. The first kappa shape index (κ1) is 17.7. The third-order valence-corrected chi connectivity index (χ3v) is 4.59. The van der Waals surface area contributed by atoms with Crippen molar-refractivity contribution < 1.29 is 14.3 Å². The lowest BCUT2D eigenvalue weighted by molar-refractivity contribution is -0.139. The summed E-state index contributed by atoms with van der Waals surface area (Å²) in [5.41, 5.74) is 3.42. The molecule has 7 heteroatoms.